The summed E-state index contributed by atoms with van der Waals surface area (Å²) in [5.74, 6) is -1.76. The molecule has 1 N–H and O–H groups in total. The van der Waals surface area contributed by atoms with Gasteiger partial charge < -0.3 is 5.32 Å². The zero-order valence-electron chi connectivity index (χ0n) is 13.9. The first-order chi connectivity index (χ1) is 11.9. The van der Waals surface area contributed by atoms with Crippen LogP contribution in [0.5, 0.6) is 0 Å². The van der Waals surface area contributed by atoms with Crippen LogP contribution in [0.3, 0.4) is 0 Å². The van der Waals surface area contributed by atoms with Crippen LogP contribution in [0.4, 0.5) is 4.79 Å². The van der Waals surface area contributed by atoms with Gasteiger partial charge in [0.15, 0.2) is 0 Å². The van der Waals surface area contributed by atoms with E-state index in [0.29, 0.717) is 17.2 Å². The SMILES string of the molecule is C=CCN1C(=O)C(=O)N(CC(=O)NCCSc2ccc(C)cc2)C1=O. The molecule has 0 spiro atoms. The van der Waals surface area contributed by atoms with Gasteiger partial charge in [-0.1, -0.05) is 23.8 Å². The molecule has 8 heteroatoms. The number of urea groups is 1. The lowest BCUT2D eigenvalue weighted by molar-refractivity contribution is -0.143. The molecule has 1 aliphatic heterocycles. The second-order valence-electron chi connectivity index (χ2n) is 5.39. The number of carbonyl (C=O) groups excluding carboxylic acids is 4. The number of hydrogen-bond donors (Lipinski definition) is 1. The number of hydrogen-bond acceptors (Lipinski definition) is 5. The zero-order valence-corrected chi connectivity index (χ0v) is 14.7. The van der Waals surface area contributed by atoms with Crippen LogP contribution < -0.4 is 5.32 Å². The van der Waals surface area contributed by atoms with Gasteiger partial charge in [0.05, 0.1) is 0 Å². The Morgan fingerprint density at radius 2 is 1.80 bits per heavy atom. The van der Waals surface area contributed by atoms with E-state index in [1.165, 1.54) is 11.6 Å². The van der Waals surface area contributed by atoms with E-state index >= 15 is 0 Å². The number of carbonyl (C=O) groups is 4. The summed E-state index contributed by atoms with van der Waals surface area (Å²) in [6.07, 6.45) is 1.34. The zero-order chi connectivity index (χ0) is 18.4. The molecule has 1 fully saturated rings. The van der Waals surface area contributed by atoms with Gasteiger partial charge in [0, 0.05) is 23.7 Å². The lowest BCUT2D eigenvalue weighted by Crippen LogP contribution is -2.42. The van der Waals surface area contributed by atoms with Crippen molar-refractivity contribution in [2.24, 2.45) is 0 Å². The van der Waals surface area contributed by atoms with E-state index in [1.807, 2.05) is 31.2 Å². The predicted molar refractivity (Wildman–Crippen MR) is 93.9 cm³/mol. The third-order valence-corrected chi connectivity index (χ3v) is 4.48. The average Bonchev–Trinajstić information content (AvgIpc) is 2.78. The minimum Gasteiger partial charge on any atom is -0.354 e. The van der Waals surface area contributed by atoms with Gasteiger partial charge in [-0.05, 0) is 19.1 Å². The summed E-state index contributed by atoms with van der Waals surface area (Å²) in [5.41, 5.74) is 1.18. The van der Waals surface area contributed by atoms with Crippen molar-refractivity contribution in [3.05, 3.63) is 42.5 Å². The second kappa shape index (κ2) is 8.48. The van der Waals surface area contributed by atoms with E-state index in [-0.39, 0.29) is 6.54 Å². The predicted octanol–water partition coefficient (Wildman–Crippen LogP) is 1.18. The molecule has 0 aromatic heterocycles. The third kappa shape index (κ3) is 4.69. The molecule has 1 aromatic rings. The van der Waals surface area contributed by atoms with Crippen LogP contribution in [0, 0.1) is 6.92 Å². The number of amides is 5. The maximum Gasteiger partial charge on any atom is 0.335 e. The molecule has 2 rings (SSSR count). The minimum atomic E-state index is -0.990. The standard InChI is InChI=1S/C17H19N3O4S/c1-3-9-19-15(22)16(23)20(17(19)24)11-14(21)18-8-10-25-13-6-4-12(2)5-7-13/h3-7H,1,8-11H2,2H3,(H,18,21). The molecule has 1 aromatic carbocycles. The molecule has 0 radical (unpaired) electrons. The van der Waals surface area contributed by atoms with E-state index in [4.69, 9.17) is 0 Å². The number of nitrogens with one attached hydrogen (secondary N) is 1. The fourth-order valence-corrected chi connectivity index (χ4v) is 2.94. The Bertz CT molecular complexity index is 702. The van der Waals surface area contributed by atoms with E-state index in [2.05, 4.69) is 11.9 Å². The van der Waals surface area contributed by atoms with Crippen LogP contribution in [0.25, 0.3) is 0 Å². The van der Waals surface area contributed by atoms with Gasteiger partial charge in [-0.3, -0.25) is 19.3 Å². The van der Waals surface area contributed by atoms with Gasteiger partial charge >= 0.3 is 17.8 Å². The maximum atomic E-state index is 12.0. The third-order valence-electron chi connectivity index (χ3n) is 3.46. The Morgan fingerprint density at radius 3 is 2.44 bits per heavy atom. The summed E-state index contributed by atoms with van der Waals surface area (Å²) in [5, 5.41) is 2.64. The Kier molecular flexibility index (Phi) is 6.35. The van der Waals surface area contributed by atoms with Crippen LogP contribution in [0.15, 0.2) is 41.8 Å². The highest BCUT2D eigenvalue weighted by Gasteiger charge is 2.44. The molecule has 0 unspecified atom stereocenters. The Morgan fingerprint density at radius 1 is 1.16 bits per heavy atom. The van der Waals surface area contributed by atoms with Crippen LogP contribution >= 0.6 is 11.8 Å². The summed E-state index contributed by atoms with van der Waals surface area (Å²) in [6.45, 7) is 5.30. The Hall–Kier alpha value is -2.61. The normalized spacial score (nSPS) is 14.2. The van der Waals surface area contributed by atoms with Crippen molar-refractivity contribution in [2.75, 3.05) is 25.4 Å². The number of benzene rings is 1. The first kappa shape index (κ1) is 18.7. The highest BCUT2D eigenvalue weighted by molar-refractivity contribution is 7.99. The van der Waals surface area contributed by atoms with Gasteiger partial charge in [0.2, 0.25) is 5.91 Å². The Balaban J connectivity index is 1.77. The lowest BCUT2D eigenvalue weighted by Gasteiger charge is -2.14. The highest BCUT2D eigenvalue weighted by atomic mass is 32.2. The van der Waals surface area contributed by atoms with Crippen molar-refractivity contribution < 1.29 is 19.2 Å². The van der Waals surface area contributed by atoms with Gasteiger partial charge in [0.1, 0.15) is 6.54 Å². The molecule has 1 aliphatic rings. The van der Waals surface area contributed by atoms with Gasteiger partial charge in [-0.15, -0.1) is 18.3 Å². The summed E-state index contributed by atoms with van der Waals surface area (Å²) in [7, 11) is 0. The number of nitrogens with zero attached hydrogens (tertiary/aromatic N) is 2. The van der Waals surface area contributed by atoms with Crippen LogP contribution in [-0.4, -0.2) is 58.9 Å². The summed E-state index contributed by atoms with van der Waals surface area (Å²) < 4.78 is 0. The smallest absolute Gasteiger partial charge is 0.335 e. The minimum absolute atomic E-state index is 0.0608. The summed E-state index contributed by atoms with van der Waals surface area (Å²) in [4.78, 5) is 49.8. The topological polar surface area (TPSA) is 86.8 Å². The van der Waals surface area contributed by atoms with Crippen molar-refractivity contribution in [3.8, 4) is 0 Å². The van der Waals surface area contributed by atoms with Crippen molar-refractivity contribution in [1.82, 2.24) is 15.1 Å². The quantitative estimate of drug-likeness (QED) is 0.247. The van der Waals surface area contributed by atoms with Crippen molar-refractivity contribution in [3.63, 3.8) is 0 Å². The lowest BCUT2D eigenvalue weighted by atomic mass is 10.2. The fourth-order valence-electron chi connectivity index (χ4n) is 2.17. The summed E-state index contributed by atoms with van der Waals surface area (Å²) in [6, 6.07) is 7.24. The maximum absolute atomic E-state index is 12.0. The van der Waals surface area contributed by atoms with E-state index < -0.39 is 30.3 Å². The molecule has 132 valence electrons. The molecule has 1 heterocycles. The highest BCUT2D eigenvalue weighted by Crippen LogP contribution is 2.17. The van der Waals surface area contributed by atoms with Gasteiger partial charge in [-0.25, -0.2) is 9.69 Å². The molecule has 0 saturated carbocycles. The van der Waals surface area contributed by atoms with Crippen LogP contribution in [-0.2, 0) is 14.4 Å². The average molecular weight is 361 g/mol. The fraction of sp³-hybridized carbons (Fsp3) is 0.294. The monoisotopic (exact) mass is 361 g/mol. The summed E-state index contributed by atoms with van der Waals surface area (Å²) >= 11 is 1.59. The van der Waals surface area contributed by atoms with Gasteiger partial charge in [0.25, 0.3) is 0 Å². The molecule has 0 aliphatic carbocycles. The number of thioether (sulfide) groups is 1. The number of imide groups is 2. The van der Waals surface area contributed by atoms with E-state index in [9.17, 15) is 19.2 Å². The molecule has 5 amide bonds. The van der Waals surface area contributed by atoms with Crippen molar-refractivity contribution in [1.29, 1.82) is 0 Å². The molecular formula is C17H19N3O4S. The van der Waals surface area contributed by atoms with Crippen LogP contribution in [0.1, 0.15) is 5.56 Å². The molecular weight excluding hydrogens is 342 g/mol. The molecule has 1 saturated heterocycles. The molecule has 25 heavy (non-hydrogen) atoms. The van der Waals surface area contributed by atoms with Crippen molar-refractivity contribution >= 4 is 35.5 Å². The Labute approximate surface area is 150 Å². The van der Waals surface area contributed by atoms with Crippen LogP contribution in [0.2, 0.25) is 0 Å². The second-order valence-corrected chi connectivity index (χ2v) is 6.56. The largest absolute Gasteiger partial charge is 0.354 e. The number of rotatable bonds is 8. The molecule has 0 bridgehead atoms. The van der Waals surface area contributed by atoms with Gasteiger partial charge in [-0.2, -0.15) is 0 Å². The van der Waals surface area contributed by atoms with E-state index in [0.717, 1.165) is 9.80 Å². The van der Waals surface area contributed by atoms with Crippen molar-refractivity contribution in [2.45, 2.75) is 11.8 Å². The van der Waals surface area contributed by atoms with E-state index in [1.54, 1.807) is 11.8 Å². The first-order valence-electron chi connectivity index (χ1n) is 7.68. The first-order valence-corrected chi connectivity index (χ1v) is 8.67. The number of aryl methyl sites for hydroxylation is 1. The molecule has 7 nitrogen and oxygen atoms in total. The molecule has 0 atom stereocenters.